The van der Waals surface area contributed by atoms with Gasteiger partial charge in [-0.05, 0) is 25.7 Å². The molecule has 2 fully saturated rings. The Bertz CT molecular complexity index is 216. The van der Waals surface area contributed by atoms with Crippen LogP contribution in [0.4, 0.5) is 0 Å². The first-order valence-corrected chi connectivity index (χ1v) is 6.05. The van der Waals surface area contributed by atoms with E-state index in [1.54, 1.807) is 0 Å². The highest BCUT2D eigenvalue weighted by atomic mass is 16.6. The zero-order valence-electron chi connectivity index (χ0n) is 9.38. The van der Waals surface area contributed by atoms with Gasteiger partial charge in [0.2, 0.25) is 0 Å². The first-order chi connectivity index (χ1) is 6.66. The van der Waals surface area contributed by atoms with Crippen LogP contribution < -0.4 is 0 Å². The third-order valence-corrected chi connectivity index (χ3v) is 3.97. The third-order valence-electron chi connectivity index (χ3n) is 3.97. The number of hydrogen-bond acceptors (Lipinski definition) is 2. The number of aliphatic hydroxyl groups excluding tert-OH is 1. The Labute approximate surface area is 86.6 Å². The molecule has 2 rings (SSSR count). The summed E-state index contributed by atoms with van der Waals surface area (Å²) in [6.45, 7) is 4.37. The van der Waals surface area contributed by atoms with Crippen LogP contribution in [-0.4, -0.2) is 22.4 Å². The van der Waals surface area contributed by atoms with E-state index in [-0.39, 0.29) is 17.3 Å². The summed E-state index contributed by atoms with van der Waals surface area (Å²) in [4.78, 5) is 0. The van der Waals surface area contributed by atoms with Crippen LogP contribution >= 0.6 is 0 Å². The van der Waals surface area contributed by atoms with Gasteiger partial charge >= 0.3 is 0 Å². The molecule has 14 heavy (non-hydrogen) atoms. The largest absolute Gasteiger partial charge is 0.390 e. The number of aliphatic hydroxyl groups is 1. The summed E-state index contributed by atoms with van der Waals surface area (Å²) in [5.74, 6) is 0. The van der Waals surface area contributed by atoms with Crippen molar-refractivity contribution in [3.8, 4) is 0 Å². The van der Waals surface area contributed by atoms with Gasteiger partial charge in [-0.15, -0.1) is 0 Å². The molecule has 0 saturated carbocycles. The van der Waals surface area contributed by atoms with Crippen molar-refractivity contribution in [2.24, 2.45) is 0 Å². The zero-order chi connectivity index (χ0) is 10.2. The second-order valence-corrected chi connectivity index (χ2v) is 5.07. The molecule has 3 unspecified atom stereocenters. The lowest BCUT2D eigenvalue weighted by Gasteiger charge is -2.28. The van der Waals surface area contributed by atoms with Crippen LogP contribution in [0.1, 0.15) is 58.8 Å². The predicted molar refractivity (Wildman–Crippen MR) is 56.2 cm³/mol. The van der Waals surface area contributed by atoms with Gasteiger partial charge < -0.3 is 9.84 Å². The second-order valence-electron chi connectivity index (χ2n) is 5.07. The first kappa shape index (κ1) is 10.4. The van der Waals surface area contributed by atoms with Crippen LogP contribution in [0.5, 0.6) is 0 Å². The topological polar surface area (TPSA) is 29.5 Å². The molecule has 0 aliphatic carbocycles. The number of hydrogen-bond donors (Lipinski definition) is 1. The van der Waals surface area contributed by atoms with Crippen molar-refractivity contribution in [3.63, 3.8) is 0 Å². The lowest BCUT2D eigenvalue weighted by Crippen LogP contribution is -2.38. The number of fused-ring (bicyclic) bond motifs is 2. The molecule has 1 N–H and O–H groups in total. The lowest BCUT2D eigenvalue weighted by molar-refractivity contribution is -0.0826. The van der Waals surface area contributed by atoms with Crippen molar-refractivity contribution in [2.75, 3.05) is 0 Å². The fourth-order valence-electron chi connectivity index (χ4n) is 3.39. The van der Waals surface area contributed by atoms with E-state index < -0.39 is 0 Å². The molecule has 2 heterocycles. The molecule has 2 nitrogen and oxygen atoms in total. The maximum Gasteiger partial charge on any atom is 0.0949 e. The fourth-order valence-corrected chi connectivity index (χ4v) is 3.39. The monoisotopic (exact) mass is 198 g/mol. The summed E-state index contributed by atoms with van der Waals surface area (Å²) in [6, 6.07) is 0. The molecular formula is C12H22O2. The Kier molecular flexibility index (Phi) is 2.61. The minimum Gasteiger partial charge on any atom is -0.390 e. The van der Waals surface area contributed by atoms with E-state index in [1.807, 2.05) is 0 Å². The molecular weight excluding hydrogens is 176 g/mol. The maximum absolute atomic E-state index is 10.1. The molecule has 0 aromatic carbocycles. The van der Waals surface area contributed by atoms with Crippen LogP contribution in [-0.2, 0) is 4.74 Å². The van der Waals surface area contributed by atoms with Crippen molar-refractivity contribution in [1.29, 1.82) is 0 Å². The van der Waals surface area contributed by atoms with E-state index in [0.717, 1.165) is 44.9 Å². The smallest absolute Gasteiger partial charge is 0.0949 e. The molecule has 2 aliphatic rings. The van der Waals surface area contributed by atoms with Crippen LogP contribution in [0, 0.1) is 0 Å². The number of ether oxygens (including phenoxy) is 1. The Balaban J connectivity index is 2.10. The Hall–Kier alpha value is -0.0800. The van der Waals surface area contributed by atoms with Gasteiger partial charge in [-0.2, -0.15) is 0 Å². The highest BCUT2D eigenvalue weighted by Crippen LogP contribution is 2.54. The van der Waals surface area contributed by atoms with Gasteiger partial charge in [0.1, 0.15) is 0 Å². The van der Waals surface area contributed by atoms with Crippen molar-refractivity contribution in [1.82, 2.24) is 0 Å². The first-order valence-electron chi connectivity index (χ1n) is 6.05. The van der Waals surface area contributed by atoms with Gasteiger partial charge in [-0.1, -0.05) is 26.7 Å². The van der Waals surface area contributed by atoms with Crippen molar-refractivity contribution in [2.45, 2.75) is 76.1 Å². The highest BCUT2D eigenvalue weighted by Gasteiger charge is 2.59. The molecule has 3 atom stereocenters. The third kappa shape index (κ3) is 1.40. The van der Waals surface area contributed by atoms with E-state index in [4.69, 9.17) is 4.74 Å². The SMILES string of the molecule is CCCC12CCC(CCC)(O1)C(O)C2. The van der Waals surface area contributed by atoms with Gasteiger partial charge in [-0.25, -0.2) is 0 Å². The van der Waals surface area contributed by atoms with Crippen molar-refractivity contribution >= 4 is 0 Å². The summed E-state index contributed by atoms with van der Waals surface area (Å²) in [7, 11) is 0. The summed E-state index contributed by atoms with van der Waals surface area (Å²) in [5.41, 5.74) is -0.118. The molecule has 0 aromatic rings. The second kappa shape index (κ2) is 3.49. The average molecular weight is 198 g/mol. The standard InChI is InChI=1S/C12H22O2/c1-3-5-11-7-8-12(14-11,6-4-2)10(13)9-11/h10,13H,3-9H2,1-2H3. The van der Waals surface area contributed by atoms with Crippen LogP contribution in [0.15, 0.2) is 0 Å². The Morgan fingerprint density at radius 2 is 1.93 bits per heavy atom. The van der Waals surface area contributed by atoms with Crippen molar-refractivity contribution in [3.05, 3.63) is 0 Å². The highest BCUT2D eigenvalue weighted by molar-refractivity contribution is 5.09. The summed E-state index contributed by atoms with van der Waals surface area (Å²) in [6.07, 6.45) is 7.33. The molecule has 0 amide bonds. The minimum absolute atomic E-state index is 0.0450. The molecule has 0 spiro atoms. The Morgan fingerprint density at radius 1 is 1.21 bits per heavy atom. The fraction of sp³-hybridized carbons (Fsp3) is 1.00. The quantitative estimate of drug-likeness (QED) is 0.752. The van der Waals surface area contributed by atoms with Gasteiger partial charge in [-0.3, -0.25) is 0 Å². The van der Waals surface area contributed by atoms with E-state index >= 15 is 0 Å². The van der Waals surface area contributed by atoms with E-state index in [1.165, 1.54) is 0 Å². The van der Waals surface area contributed by atoms with Crippen LogP contribution in [0.25, 0.3) is 0 Å². The molecule has 0 radical (unpaired) electrons. The average Bonchev–Trinajstić information content (AvgIpc) is 2.58. The zero-order valence-corrected chi connectivity index (χ0v) is 9.38. The van der Waals surface area contributed by atoms with Crippen LogP contribution in [0.2, 0.25) is 0 Å². The van der Waals surface area contributed by atoms with E-state index in [2.05, 4.69) is 13.8 Å². The van der Waals surface area contributed by atoms with Gasteiger partial charge in [0.15, 0.2) is 0 Å². The van der Waals surface area contributed by atoms with Gasteiger partial charge in [0.25, 0.3) is 0 Å². The molecule has 2 heteroatoms. The lowest BCUT2D eigenvalue weighted by atomic mass is 9.76. The minimum atomic E-state index is -0.206. The molecule has 82 valence electrons. The molecule has 0 aromatic heterocycles. The van der Waals surface area contributed by atoms with Gasteiger partial charge in [0, 0.05) is 6.42 Å². The summed E-state index contributed by atoms with van der Waals surface area (Å²) >= 11 is 0. The van der Waals surface area contributed by atoms with E-state index in [9.17, 15) is 5.11 Å². The van der Waals surface area contributed by atoms with Crippen molar-refractivity contribution < 1.29 is 9.84 Å². The predicted octanol–water partition coefficient (Wildman–Crippen LogP) is 2.64. The molecule has 2 aliphatic heterocycles. The van der Waals surface area contributed by atoms with Crippen LogP contribution in [0.3, 0.4) is 0 Å². The number of rotatable bonds is 4. The van der Waals surface area contributed by atoms with Gasteiger partial charge in [0.05, 0.1) is 17.3 Å². The normalized spacial score (nSPS) is 46.1. The Morgan fingerprint density at radius 3 is 2.50 bits per heavy atom. The van der Waals surface area contributed by atoms with E-state index in [0.29, 0.717) is 0 Å². The molecule has 2 bridgehead atoms. The summed E-state index contributed by atoms with van der Waals surface area (Å²) in [5, 5.41) is 10.1. The maximum atomic E-state index is 10.1. The summed E-state index contributed by atoms with van der Waals surface area (Å²) < 4.78 is 6.19. The molecule has 2 saturated heterocycles.